The number of H-pyrrole nitrogens is 1. The average Bonchev–Trinajstić information content (AvgIpc) is 2.90. The summed E-state index contributed by atoms with van der Waals surface area (Å²) in [7, 11) is 0. The molecular formula is C14H14F3N3O. The molecule has 1 amide bonds. The van der Waals surface area contributed by atoms with Crippen LogP contribution < -0.4 is 0 Å². The Bertz CT molecular complexity index is 657. The maximum Gasteiger partial charge on any atom is 0.391 e. The third-order valence-corrected chi connectivity index (χ3v) is 3.92. The number of aromatic amines is 1. The van der Waals surface area contributed by atoms with E-state index < -0.39 is 12.1 Å². The number of rotatable bonds is 1. The normalized spacial score (nSPS) is 17.4. The van der Waals surface area contributed by atoms with Crippen molar-refractivity contribution >= 4 is 16.8 Å². The molecule has 3 rings (SSSR count). The quantitative estimate of drug-likeness (QED) is 0.879. The third-order valence-electron chi connectivity index (χ3n) is 3.92. The molecule has 0 saturated carbocycles. The second-order valence-corrected chi connectivity index (χ2v) is 5.23. The van der Waals surface area contributed by atoms with Gasteiger partial charge in [0, 0.05) is 18.5 Å². The number of fused-ring (bicyclic) bond motifs is 1. The lowest BCUT2D eigenvalue weighted by molar-refractivity contribution is -0.183. The van der Waals surface area contributed by atoms with Gasteiger partial charge < -0.3 is 4.90 Å². The van der Waals surface area contributed by atoms with Gasteiger partial charge in [0.2, 0.25) is 0 Å². The van der Waals surface area contributed by atoms with Crippen LogP contribution in [0.25, 0.3) is 10.9 Å². The van der Waals surface area contributed by atoms with E-state index >= 15 is 0 Å². The topological polar surface area (TPSA) is 49.0 Å². The molecule has 2 aromatic rings. The lowest BCUT2D eigenvalue weighted by atomic mass is 9.96. The SMILES string of the molecule is O=C(c1n[nH]c2ccccc12)N1CCC(C(F)(F)F)CC1. The summed E-state index contributed by atoms with van der Waals surface area (Å²) >= 11 is 0. The molecule has 2 heterocycles. The van der Waals surface area contributed by atoms with E-state index in [0.29, 0.717) is 5.39 Å². The Kier molecular flexibility index (Phi) is 3.35. The van der Waals surface area contributed by atoms with Gasteiger partial charge in [-0.3, -0.25) is 9.89 Å². The molecule has 1 aromatic heterocycles. The largest absolute Gasteiger partial charge is 0.391 e. The van der Waals surface area contributed by atoms with E-state index in [0.717, 1.165) is 5.52 Å². The first kappa shape index (κ1) is 13.9. The van der Waals surface area contributed by atoms with Crippen LogP contribution in [0, 0.1) is 5.92 Å². The Morgan fingerprint density at radius 3 is 2.57 bits per heavy atom. The van der Waals surface area contributed by atoms with Crippen molar-refractivity contribution in [2.75, 3.05) is 13.1 Å². The number of hydrogen-bond donors (Lipinski definition) is 1. The average molecular weight is 297 g/mol. The van der Waals surface area contributed by atoms with Crippen molar-refractivity contribution in [2.24, 2.45) is 5.92 Å². The van der Waals surface area contributed by atoms with E-state index in [4.69, 9.17) is 0 Å². The summed E-state index contributed by atoms with van der Waals surface area (Å²) in [6.07, 6.45) is -4.26. The number of nitrogens with one attached hydrogen (secondary N) is 1. The van der Waals surface area contributed by atoms with Crippen molar-refractivity contribution in [3.05, 3.63) is 30.0 Å². The van der Waals surface area contributed by atoms with E-state index in [1.54, 1.807) is 18.2 Å². The van der Waals surface area contributed by atoms with Crippen LogP contribution in [0.15, 0.2) is 24.3 Å². The molecule has 1 saturated heterocycles. The molecule has 0 unspecified atom stereocenters. The van der Waals surface area contributed by atoms with Crippen LogP contribution in [0.2, 0.25) is 0 Å². The molecule has 7 heteroatoms. The molecule has 0 spiro atoms. The minimum absolute atomic E-state index is 0.0441. The minimum atomic E-state index is -4.17. The summed E-state index contributed by atoms with van der Waals surface area (Å²) in [5.74, 6) is -1.62. The van der Waals surface area contributed by atoms with Crippen molar-refractivity contribution in [1.82, 2.24) is 15.1 Å². The number of carbonyl (C=O) groups is 1. The maximum atomic E-state index is 12.6. The van der Waals surface area contributed by atoms with Crippen LogP contribution >= 0.6 is 0 Å². The van der Waals surface area contributed by atoms with Gasteiger partial charge in [0.05, 0.1) is 11.4 Å². The van der Waals surface area contributed by atoms with Gasteiger partial charge in [0.15, 0.2) is 5.69 Å². The molecular weight excluding hydrogens is 283 g/mol. The van der Waals surface area contributed by atoms with Crippen LogP contribution in [-0.2, 0) is 0 Å². The lowest BCUT2D eigenvalue weighted by Crippen LogP contribution is -2.42. The fraction of sp³-hybridized carbons (Fsp3) is 0.429. The number of benzene rings is 1. The van der Waals surface area contributed by atoms with Gasteiger partial charge in [-0.15, -0.1) is 0 Å². The Labute approximate surface area is 118 Å². The first-order valence-electron chi connectivity index (χ1n) is 6.76. The summed E-state index contributed by atoms with van der Waals surface area (Å²) in [6.45, 7) is 0.231. The van der Waals surface area contributed by atoms with Gasteiger partial charge >= 0.3 is 6.18 Å². The molecule has 0 aliphatic carbocycles. The number of carbonyl (C=O) groups excluding carboxylic acids is 1. The summed E-state index contributed by atoms with van der Waals surface area (Å²) < 4.78 is 37.9. The Balaban J connectivity index is 1.75. The summed E-state index contributed by atoms with van der Waals surface area (Å²) in [4.78, 5) is 13.8. The number of piperidine rings is 1. The minimum Gasteiger partial charge on any atom is -0.337 e. The van der Waals surface area contributed by atoms with Gasteiger partial charge in [-0.05, 0) is 18.9 Å². The first-order valence-corrected chi connectivity index (χ1v) is 6.76. The Morgan fingerprint density at radius 1 is 1.24 bits per heavy atom. The van der Waals surface area contributed by atoms with E-state index in [2.05, 4.69) is 10.2 Å². The zero-order valence-electron chi connectivity index (χ0n) is 11.2. The summed E-state index contributed by atoms with van der Waals surface area (Å²) in [5, 5.41) is 7.46. The molecule has 0 bridgehead atoms. The molecule has 1 aliphatic heterocycles. The van der Waals surface area contributed by atoms with E-state index in [1.165, 1.54) is 4.90 Å². The van der Waals surface area contributed by atoms with E-state index in [9.17, 15) is 18.0 Å². The smallest absolute Gasteiger partial charge is 0.337 e. The fourth-order valence-electron chi connectivity index (χ4n) is 2.69. The van der Waals surface area contributed by atoms with Gasteiger partial charge in [-0.25, -0.2) is 0 Å². The molecule has 1 aromatic carbocycles. The van der Waals surface area contributed by atoms with Crippen LogP contribution in [0.1, 0.15) is 23.3 Å². The zero-order chi connectivity index (χ0) is 15.0. The van der Waals surface area contributed by atoms with Crippen LogP contribution in [-0.4, -0.2) is 40.3 Å². The Morgan fingerprint density at radius 2 is 1.90 bits per heavy atom. The fourth-order valence-corrected chi connectivity index (χ4v) is 2.69. The van der Waals surface area contributed by atoms with Gasteiger partial charge in [0.25, 0.3) is 5.91 Å². The highest BCUT2D eigenvalue weighted by atomic mass is 19.4. The Hall–Kier alpha value is -2.05. The van der Waals surface area contributed by atoms with E-state index in [-0.39, 0.29) is 37.5 Å². The second kappa shape index (κ2) is 5.05. The number of nitrogens with zero attached hydrogens (tertiary/aromatic N) is 2. The molecule has 0 atom stereocenters. The third kappa shape index (κ3) is 2.59. The summed E-state index contributed by atoms with van der Waals surface area (Å²) in [6, 6.07) is 7.19. The highest BCUT2D eigenvalue weighted by Crippen LogP contribution is 2.34. The van der Waals surface area contributed by atoms with Gasteiger partial charge in [-0.2, -0.15) is 18.3 Å². The molecule has 1 N–H and O–H groups in total. The molecule has 112 valence electrons. The van der Waals surface area contributed by atoms with Crippen LogP contribution in [0.5, 0.6) is 0 Å². The molecule has 21 heavy (non-hydrogen) atoms. The van der Waals surface area contributed by atoms with Crippen molar-refractivity contribution < 1.29 is 18.0 Å². The first-order chi connectivity index (χ1) is 9.97. The standard InChI is InChI=1S/C14H14F3N3O/c15-14(16,17)9-5-7-20(8-6-9)13(21)12-10-3-1-2-4-11(10)18-19-12/h1-4,9H,5-8H2,(H,18,19). The lowest BCUT2D eigenvalue weighted by Gasteiger charge is -2.32. The predicted molar refractivity (Wildman–Crippen MR) is 70.8 cm³/mol. The number of amides is 1. The van der Waals surface area contributed by atoms with E-state index in [1.807, 2.05) is 6.07 Å². The second-order valence-electron chi connectivity index (χ2n) is 5.23. The monoisotopic (exact) mass is 297 g/mol. The molecule has 4 nitrogen and oxygen atoms in total. The predicted octanol–water partition coefficient (Wildman–Crippen LogP) is 2.98. The zero-order valence-corrected chi connectivity index (χ0v) is 11.2. The van der Waals surface area contributed by atoms with Crippen molar-refractivity contribution in [2.45, 2.75) is 19.0 Å². The molecule has 1 fully saturated rings. The van der Waals surface area contributed by atoms with Gasteiger partial charge in [-0.1, -0.05) is 18.2 Å². The van der Waals surface area contributed by atoms with Crippen LogP contribution in [0.3, 0.4) is 0 Å². The number of hydrogen-bond acceptors (Lipinski definition) is 2. The molecule has 0 radical (unpaired) electrons. The van der Waals surface area contributed by atoms with Crippen molar-refractivity contribution in [1.29, 1.82) is 0 Å². The van der Waals surface area contributed by atoms with Gasteiger partial charge in [0.1, 0.15) is 0 Å². The summed E-state index contributed by atoms with van der Waals surface area (Å²) in [5.41, 5.74) is 1.02. The number of alkyl halides is 3. The number of para-hydroxylation sites is 1. The van der Waals surface area contributed by atoms with Crippen LogP contribution in [0.4, 0.5) is 13.2 Å². The van der Waals surface area contributed by atoms with Crippen molar-refractivity contribution in [3.8, 4) is 0 Å². The maximum absolute atomic E-state index is 12.6. The highest BCUT2D eigenvalue weighted by molar-refractivity contribution is 6.04. The highest BCUT2D eigenvalue weighted by Gasteiger charge is 2.42. The number of aromatic nitrogens is 2. The van der Waals surface area contributed by atoms with Crippen molar-refractivity contribution in [3.63, 3.8) is 0 Å². The molecule has 1 aliphatic rings. The number of halogens is 3. The number of likely N-dealkylation sites (tertiary alicyclic amines) is 1.